The lowest BCUT2D eigenvalue weighted by Crippen LogP contribution is -1.95. The lowest BCUT2D eigenvalue weighted by molar-refractivity contribution is 1.02. The summed E-state index contributed by atoms with van der Waals surface area (Å²) in [7, 11) is 0. The lowest BCUT2D eigenvalue weighted by Gasteiger charge is -1.94. The second-order valence-corrected chi connectivity index (χ2v) is 6.61. The van der Waals surface area contributed by atoms with Crippen molar-refractivity contribution in [2.75, 3.05) is 11.5 Å². The lowest BCUT2D eigenvalue weighted by atomic mass is 10.3. The van der Waals surface area contributed by atoms with Gasteiger partial charge in [0.15, 0.2) is 20.6 Å². The van der Waals surface area contributed by atoms with Gasteiger partial charge in [0.25, 0.3) is 0 Å². The van der Waals surface area contributed by atoms with Gasteiger partial charge < -0.3 is 11.5 Å². The Labute approximate surface area is 176 Å². The zero-order chi connectivity index (χ0) is 20.6. The predicted octanol–water partition coefficient (Wildman–Crippen LogP) is 4.13. The van der Waals surface area contributed by atoms with E-state index < -0.39 is 0 Å². The Morgan fingerprint density at radius 1 is 0.593 bits per heavy atom. The van der Waals surface area contributed by atoms with Gasteiger partial charge in [-0.15, -0.1) is 30.6 Å². The van der Waals surface area contributed by atoms with Gasteiger partial charge in [-0.3, -0.25) is 0 Å². The van der Waals surface area contributed by atoms with Crippen LogP contribution in [0.1, 0.15) is 16.7 Å². The Balaban J connectivity index is 0.000000202. The molecule has 0 unspecified atom stereocenters. The van der Waals surface area contributed by atoms with Gasteiger partial charge in [0.05, 0.1) is 0 Å². The van der Waals surface area contributed by atoms with Gasteiger partial charge >= 0.3 is 0 Å². The molecule has 12 heteroatoms. The molecule has 3 aromatic rings. The van der Waals surface area contributed by atoms with E-state index in [-0.39, 0.29) is 0 Å². The van der Waals surface area contributed by atoms with Crippen molar-refractivity contribution in [3.63, 3.8) is 0 Å². The maximum absolute atomic E-state index is 5.55. The summed E-state index contributed by atoms with van der Waals surface area (Å²) in [5.74, 6) is 0.830. The molecule has 0 atom stereocenters. The Morgan fingerprint density at radius 2 is 1.04 bits per heavy atom. The normalized spacial score (nSPS) is 9.59. The minimum absolute atomic E-state index is 0.372. The fraction of sp³-hybridized carbons (Fsp3) is 0.200. The fourth-order valence-corrected chi connectivity index (χ4v) is 1.98. The van der Waals surface area contributed by atoms with Crippen LogP contribution in [0.25, 0.3) is 0 Å². The highest BCUT2D eigenvalue weighted by molar-refractivity contribution is 6.31. The van der Waals surface area contributed by atoms with Crippen molar-refractivity contribution in [2.45, 2.75) is 20.8 Å². The summed E-state index contributed by atoms with van der Waals surface area (Å²) in [5, 5.41) is 22.9. The standard InChI is InChI=1S/C5H4Cl2N2.2C5H6ClN3/c1-3-2-4(6)8-9-5(3)7;1-3-2-4(7)8-9-5(3)6;1-3-2-4(6)8-9-5(3)7/h2H,1H3;2H,1H3,(H2,7,8);2H,1H3,(H2,7,9). The first-order valence-electron chi connectivity index (χ1n) is 7.26. The molecule has 4 N–H and O–H groups in total. The minimum Gasteiger partial charge on any atom is -0.382 e. The molecular formula is C15H16Cl4N8. The number of anilines is 2. The average molecular weight is 450 g/mol. The molecule has 3 rings (SSSR count). The zero-order valence-corrected chi connectivity index (χ0v) is 17.6. The predicted molar refractivity (Wildman–Crippen MR) is 109 cm³/mol. The third-order valence-electron chi connectivity index (χ3n) is 2.83. The number of nitrogens with two attached hydrogens (primary N) is 2. The van der Waals surface area contributed by atoms with E-state index in [1.807, 2.05) is 20.8 Å². The molecule has 0 saturated carbocycles. The van der Waals surface area contributed by atoms with Crippen molar-refractivity contribution in [1.29, 1.82) is 0 Å². The van der Waals surface area contributed by atoms with Crippen molar-refractivity contribution >= 4 is 58.0 Å². The molecule has 8 nitrogen and oxygen atoms in total. The number of aryl methyl sites for hydroxylation is 3. The van der Waals surface area contributed by atoms with Crippen molar-refractivity contribution in [3.05, 3.63) is 55.5 Å². The molecule has 3 heterocycles. The van der Waals surface area contributed by atoms with E-state index in [9.17, 15) is 0 Å². The molecule has 0 aliphatic rings. The number of hydrogen-bond donors (Lipinski definition) is 2. The first-order valence-corrected chi connectivity index (χ1v) is 8.77. The largest absolute Gasteiger partial charge is 0.382 e. The third kappa shape index (κ3) is 8.49. The average Bonchev–Trinajstić information content (AvgIpc) is 2.60. The van der Waals surface area contributed by atoms with E-state index in [0.29, 0.717) is 32.2 Å². The van der Waals surface area contributed by atoms with Gasteiger partial charge in [-0.1, -0.05) is 46.4 Å². The molecule has 0 aromatic carbocycles. The Kier molecular flexibility index (Phi) is 9.37. The smallest absolute Gasteiger partial charge is 0.154 e. The minimum atomic E-state index is 0.372. The van der Waals surface area contributed by atoms with Gasteiger partial charge in [0.2, 0.25) is 0 Å². The molecule has 0 bridgehead atoms. The Morgan fingerprint density at radius 3 is 1.41 bits per heavy atom. The monoisotopic (exact) mass is 448 g/mol. The summed E-state index contributed by atoms with van der Waals surface area (Å²) in [6.45, 7) is 5.48. The van der Waals surface area contributed by atoms with Crippen LogP contribution >= 0.6 is 46.4 Å². The summed E-state index contributed by atoms with van der Waals surface area (Å²) in [6.07, 6.45) is 0. The van der Waals surface area contributed by atoms with Crippen molar-refractivity contribution in [2.24, 2.45) is 0 Å². The maximum atomic E-state index is 5.55. The van der Waals surface area contributed by atoms with Crippen LogP contribution in [0.5, 0.6) is 0 Å². The number of aromatic nitrogens is 6. The number of nitrogens with zero attached hydrogens (tertiary/aromatic N) is 6. The molecule has 0 spiro atoms. The first kappa shape index (κ1) is 23.0. The van der Waals surface area contributed by atoms with Crippen molar-refractivity contribution < 1.29 is 0 Å². The molecule has 144 valence electrons. The molecule has 0 radical (unpaired) electrons. The Bertz CT molecular complexity index is 789. The highest BCUT2D eigenvalue weighted by Crippen LogP contribution is 2.13. The highest BCUT2D eigenvalue weighted by atomic mass is 35.5. The SMILES string of the molecule is Cc1cc(Cl)nnc1Cl.Cc1cc(Cl)nnc1N.Cc1cc(N)nnc1Cl. The molecule has 0 aliphatic carbocycles. The van der Waals surface area contributed by atoms with E-state index in [2.05, 4.69) is 30.6 Å². The zero-order valence-electron chi connectivity index (χ0n) is 14.6. The number of rotatable bonds is 0. The molecule has 3 aromatic heterocycles. The summed E-state index contributed by atoms with van der Waals surface area (Å²) < 4.78 is 0. The highest BCUT2D eigenvalue weighted by Gasteiger charge is 1.97. The van der Waals surface area contributed by atoms with Gasteiger partial charge in [0, 0.05) is 0 Å². The van der Waals surface area contributed by atoms with Crippen LogP contribution in [0, 0.1) is 20.8 Å². The van der Waals surface area contributed by atoms with Gasteiger partial charge in [-0.05, 0) is 55.7 Å². The second kappa shape index (κ2) is 11.0. The topological polar surface area (TPSA) is 129 Å². The van der Waals surface area contributed by atoms with Gasteiger partial charge in [-0.25, -0.2) is 0 Å². The maximum Gasteiger partial charge on any atom is 0.154 e. The summed E-state index contributed by atoms with van der Waals surface area (Å²) in [5.41, 5.74) is 13.2. The van der Waals surface area contributed by atoms with E-state index >= 15 is 0 Å². The van der Waals surface area contributed by atoms with Gasteiger partial charge in [0.1, 0.15) is 11.6 Å². The van der Waals surface area contributed by atoms with Crippen molar-refractivity contribution in [3.8, 4) is 0 Å². The molecule has 0 amide bonds. The Hall–Kier alpha value is -2.00. The number of hydrogen-bond acceptors (Lipinski definition) is 8. The third-order valence-corrected chi connectivity index (χ3v) is 3.95. The van der Waals surface area contributed by atoms with E-state index in [1.54, 1.807) is 18.2 Å². The second-order valence-electron chi connectivity index (χ2n) is 5.12. The summed E-state index contributed by atoms with van der Waals surface area (Å²) in [4.78, 5) is 0. The van der Waals surface area contributed by atoms with E-state index in [0.717, 1.165) is 16.7 Å². The molecule has 0 aliphatic heterocycles. The quantitative estimate of drug-likeness (QED) is 0.523. The van der Waals surface area contributed by atoms with Gasteiger partial charge in [-0.2, -0.15) is 0 Å². The van der Waals surface area contributed by atoms with Crippen LogP contribution in [0.3, 0.4) is 0 Å². The fourth-order valence-electron chi connectivity index (χ4n) is 1.39. The summed E-state index contributed by atoms with van der Waals surface area (Å²) >= 11 is 22.1. The summed E-state index contributed by atoms with van der Waals surface area (Å²) in [6, 6.07) is 5.01. The van der Waals surface area contributed by atoms with Crippen LogP contribution in [0.15, 0.2) is 18.2 Å². The van der Waals surface area contributed by atoms with Crippen LogP contribution in [0.2, 0.25) is 20.6 Å². The van der Waals surface area contributed by atoms with Crippen LogP contribution in [-0.4, -0.2) is 30.6 Å². The van der Waals surface area contributed by atoms with Crippen LogP contribution < -0.4 is 11.5 Å². The van der Waals surface area contributed by atoms with E-state index in [4.69, 9.17) is 57.9 Å². The van der Waals surface area contributed by atoms with Crippen molar-refractivity contribution in [1.82, 2.24) is 30.6 Å². The first-order chi connectivity index (χ1) is 12.6. The molecular weight excluding hydrogens is 434 g/mol. The number of nitrogen functional groups attached to an aromatic ring is 2. The molecule has 0 fully saturated rings. The number of halogens is 4. The van der Waals surface area contributed by atoms with Crippen LogP contribution in [-0.2, 0) is 0 Å². The molecule has 0 saturated heterocycles. The molecule has 27 heavy (non-hydrogen) atoms. The van der Waals surface area contributed by atoms with E-state index in [1.165, 1.54) is 0 Å². The van der Waals surface area contributed by atoms with Crippen LogP contribution in [0.4, 0.5) is 11.6 Å².